The Morgan fingerprint density at radius 3 is 2.81 bits per heavy atom. The summed E-state index contributed by atoms with van der Waals surface area (Å²) in [4.78, 5) is 11.9. The molecular weight excluding hydrogens is 272 g/mol. The standard InChI is InChI=1S/C11H17BrN2O2/c1-3-9(7-15)13-11(16)10-5-8(12)6-14(10)4-2/h5-6,9,15H,3-4,7H2,1-2H3,(H,13,16)/t9-/m1/s1. The number of hydrogen-bond donors (Lipinski definition) is 2. The molecule has 0 bridgehead atoms. The number of aliphatic hydroxyl groups excluding tert-OH is 1. The van der Waals surface area contributed by atoms with E-state index in [1.165, 1.54) is 0 Å². The Kier molecular flexibility index (Phi) is 5.02. The molecule has 2 N–H and O–H groups in total. The zero-order chi connectivity index (χ0) is 12.1. The smallest absolute Gasteiger partial charge is 0.268 e. The molecule has 1 rings (SSSR count). The highest BCUT2D eigenvalue weighted by Crippen LogP contribution is 2.15. The molecule has 5 heteroatoms. The lowest BCUT2D eigenvalue weighted by Gasteiger charge is -2.14. The molecule has 0 aromatic carbocycles. The molecule has 4 nitrogen and oxygen atoms in total. The Balaban J connectivity index is 2.79. The molecule has 1 atom stereocenters. The van der Waals surface area contributed by atoms with Crippen LogP contribution in [0.4, 0.5) is 0 Å². The van der Waals surface area contributed by atoms with Gasteiger partial charge in [0.1, 0.15) is 5.69 Å². The highest BCUT2D eigenvalue weighted by Gasteiger charge is 2.15. The summed E-state index contributed by atoms with van der Waals surface area (Å²) in [5.74, 6) is -0.145. The minimum absolute atomic E-state index is 0.0315. The maximum Gasteiger partial charge on any atom is 0.268 e. The van der Waals surface area contributed by atoms with E-state index in [0.717, 1.165) is 17.4 Å². The van der Waals surface area contributed by atoms with Crippen molar-refractivity contribution in [2.45, 2.75) is 32.9 Å². The van der Waals surface area contributed by atoms with Crippen molar-refractivity contribution in [1.29, 1.82) is 0 Å². The summed E-state index contributed by atoms with van der Waals surface area (Å²) in [7, 11) is 0. The van der Waals surface area contributed by atoms with E-state index in [0.29, 0.717) is 5.69 Å². The van der Waals surface area contributed by atoms with Gasteiger partial charge in [0, 0.05) is 17.2 Å². The zero-order valence-corrected chi connectivity index (χ0v) is 11.1. The van der Waals surface area contributed by atoms with Crippen LogP contribution in [0.5, 0.6) is 0 Å². The SMILES string of the molecule is CC[C@H](CO)NC(=O)c1cc(Br)cn1CC. The van der Waals surface area contributed by atoms with E-state index in [2.05, 4.69) is 21.2 Å². The minimum atomic E-state index is -0.175. The van der Waals surface area contributed by atoms with Gasteiger partial charge in [-0.15, -0.1) is 0 Å². The van der Waals surface area contributed by atoms with Gasteiger partial charge in [-0.25, -0.2) is 0 Å². The first-order valence-corrected chi connectivity index (χ1v) is 6.19. The topological polar surface area (TPSA) is 54.3 Å². The average molecular weight is 289 g/mol. The second-order valence-corrected chi connectivity index (χ2v) is 4.51. The van der Waals surface area contributed by atoms with Crippen molar-refractivity contribution in [2.75, 3.05) is 6.61 Å². The number of nitrogens with zero attached hydrogens (tertiary/aromatic N) is 1. The van der Waals surface area contributed by atoms with Gasteiger partial charge >= 0.3 is 0 Å². The van der Waals surface area contributed by atoms with Crippen LogP contribution in [0.1, 0.15) is 30.8 Å². The maximum absolute atomic E-state index is 11.9. The fraction of sp³-hybridized carbons (Fsp3) is 0.545. The molecule has 90 valence electrons. The third-order valence-corrected chi connectivity index (χ3v) is 2.92. The number of rotatable bonds is 5. The molecule has 0 aliphatic rings. The summed E-state index contributed by atoms with van der Waals surface area (Å²) in [5, 5.41) is 11.8. The summed E-state index contributed by atoms with van der Waals surface area (Å²) in [6, 6.07) is 1.61. The summed E-state index contributed by atoms with van der Waals surface area (Å²) in [5.41, 5.74) is 0.612. The van der Waals surface area contributed by atoms with Crippen molar-refractivity contribution < 1.29 is 9.90 Å². The van der Waals surface area contributed by atoms with Gasteiger partial charge in [0.2, 0.25) is 0 Å². The second-order valence-electron chi connectivity index (χ2n) is 3.59. The molecule has 0 saturated heterocycles. The molecule has 0 fully saturated rings. The lowest BCUT2D eigenvalue weighted by molar-refractivity contribution is 0.0905. The Labute approximate surface area is 104 Å². The summed E-state index contributed by atoms with van der Waals surface area (Å²) >= 11 is 3.34. The Hall–Kier alpha value is -0.810. The highest BCUT2D eigenvalue weighted by molar-refractivity contribution is 9.10. The van der Waals surface area contributed by atoms with Crippen LogP contribution in [0.25, 0.3) is 0 Å². The van der Waals surface area contributed by atoms with Gasteiger partial charge in [-0.3, -0.25) is 4.79 Å². The van der Waals surface area contributed by atoms with E-state index in [-0.39, 0.29) is 18.6 Å². The van der Waals surface area contributed by atoms with Crippen LogP contribution in [0.2, 0.25) is 0 Å². The van der Waals surface area contributed by atoms with Crippen LogP contribution in [0, 0.1) is 0 Å². The molecule has 0 unspecified atom stereocenters. The first-order chi connectivity index (χ1) is 7.62. The third-order valence-electron chi connectivity index (χ3n) is 2.48. The van der Waals surface area contributed by atoms with Crippen molar-refractivity contribution in [3.8, 4) is 0 Å². The minimum Gasteiger partial charge on any atom is -0.394 e. The molecule has 1 amide bonds. The summed E-state index contributed by atoms with van der Waals surface area (Å²) in [6.07, 6.45) is 2.59. The van der Waals surface area contributed by atoms with Gasteiger partial charge in [-0.2, -0.15) is 0 Å². The Bertz CT molecular complexity index is 359. The van der Waals surface area contributed by atoms with Crippen molar-refractivity contribution in [3.63, 3.8) is 0 Å². The quantitative estimate of drug-likeness (QED) is 0.868. The summed E-state index contributed by atoms with van der Waals surface area (Å²) in [6.45, 7) is 4.61. The maximum atomic E-state index is 11.9. The predicted molar refractivity (Wildman–Crippen MR) is 66.4 cm³/mol. The number of nitrogens with one attached hydrogen (secondary N) is 1. The summed E-state index contributed by atoms with van der Waals surface area (Å²) < 4.78 is 2.75. The van der Waals surface area contributed by atoms with Crippen LogP contribution >= 0.6 is 15.9 Å². The van der Waals surface area contributed by atoms with Crippen LogP contribution in [0.15, 0.2) is 16.7 Å². The van der Waals surface area contributed by atoms with Gasteiger partial charge in [0.05, 0.1) is 12.6 Å². The normalized spacial score (nSPS) is 12.5. The molecule has 0 saturated carbocycles. The molecule has 1 heterocycles. The molecule has 1 aromatic rings. The molecule has 16 heavy (non-hydrogen) atoms. The fourth-order valence-corrected chi connectivity index (χ4v) is 1.93. The van der Waals surface area contributed by atoms with Crippen molar-refractivity contribution in [2.24, 2.45) is 0 Å². The van der Waals surface area contributed by atoms with Crippen molar-refractivity contribution in [3.05, 3.63) is 22.4 Å². The average Bonchev–Trinajstić information content (AvgIpc) is 2.67. The zero-order valence-electron chi connectivity index (χ0n) is 9.53. The lowest BCUT2D eigenvalue weighted by Crippen LogP contribution is -2.37. The fourth-order valence-electron chi connectivity index (χ4n) is 1.46. The first kappa shape index (κ1) is 13.3. The molecule has 0 aliphatic heterocycles. The van der Waals surface area contributed by atoms with Crippen LogP contribution in [0.3, 0.4) is 0 Å². The Morgan fingerprint density at radius 2 is 2.31 bits per heavy atom. The number of aryl methyl sites for hydroxylation is 1. The largest absolute Gasteiger partial charge is 0.394 e. The van der Waals surface area contributed by atoms with Gasteiger partial charge in [0.15, 0.2) is 0 Å². The monoisotopic (exact) mass is 288 g/mol. The number of aromatic nitrogens is 1. The highest BCUT2D eigenvalue weighted by atomic mass is 79.9. The first-order valence-electron chi connectivity index (χ1n) is 5.39. The van der Waals surface area contributed by atoms with Gasteiger partial charge < -0.3 is 15.0 Å². The van der Waals surface area contributed by atoms with Crippen molar-refractivity contribution in [1.82, 2.24) is 9.88 Å². The van der Waals surface area contributed by atoms with E-state index in [1.807, 2.05) is 24.6 Å². The number of carbonyl (C=O) groups excluding carboxylic acids is 1. The van der Waals surface area contributed by atoms with Crippen LogP contribution in [-0.2, 0) is 6.54 Å². The Morgan fingerprint density at radius 1 is 1.62 bits per heavy atom. The van der Waals surface area contributed by atoms with E-state index >= 15 is 0 Å². The molecule has 1 aromatic heterocycles. The third kappa shape index (κ3) is 3.09. The van der Waals surface area contributed by atoms with E-state index in [9.17, 15) is 4.79 Å². The predicted octanol–water partition coefficient (Wildman–Crippen LogP) is 1.77. The van der Waals surface area contributed by atoms with Gasteiger partial charge in [0.25, 0.3) is 5.91 Å². The van der Waals surface area contributed by atoms with Crippen LogP contribution in [-0.4, -0.2) is 28.2 Å². The van der Waals surface area contributed by atoms with Crippen LogP contribution < -0.4 is 5.32 Å². The molecular formula is C11H17BrN2O2. The molecule has 0 aliphatic carbocycles. The molecule has 0 spiro atoms. The molecule has 0 radical (unpaired) electrons. The number of amides is 1. The lowest BCUT2D eigenvalue weighted by atomic mass is 10.2. The number of halogens is 1. The van der Waals surface area contributed by atoms with E-state index in [4.69, 9.17) is 5.11 Å². The van der Waals surface area contributed by atoms with Crippen molar-refractivity contribution >= 4 is 21.8 Å². The number of hydrogen-bond acceptors (Lipinski definition) is 2. The van der Waals surface area contributed by atoms with Gasteiger partial charge in [-0.05, 0) is 35.3 Å². The van der Waals surface area contributed by atoms with E-state index < -0.39 is 0 Å². The van der Waals surface area contributed by atoms with E-state index in [1.54, 1.807) is 6.07 Å². The second kappa shape index (κ2) is 6.06. The number of aliphatic hydroxyl groups is 1. The number of carbonyl (C=O) groups is 1. The van der Waals surface area contributed by atoms with Gasteiger partial charge in [-0.1, -0.05) is 6.92 Å².